The molecule has 25 heavy (non-hydrogen) atoms. The van der Waals surface area contributed by atoms with E-state index >= 15 is 0 Å². The van der Waals surface area contributed by atoms with Gasteiger partial charge in [-0.2, -0.15) is 0 Å². The first-order valence-electron chi connectivity index (χ1n) is 8.19. The van der Waals surface area contributed by atoms with E-state index in [0.717, 1.165) is 36.1 Å². The predicted octanol–water partition coefficient (Wildman–Crippen LogP) is 3.75. The number of halogens is 1. The van der Waals surface area contributed by atoms with E-state index in [-0.39, 0.29) is 24.0 Å². The van der Waals surface area contributed by atoms with Gasteiger partial charge in [0.05, 0.1) is 23.7 Å². The summed E-state index contributed by atoms with van der Waals surface area (Å²) < 4.78 is 11.1. The number of nitrogens with one attached hydrogen (secondary N) is 2. The largest absolute Gasteiger partial charge is 0.443 e. The molecule has 140 valence electrons. The van der Waals surface area contributed by atoms with Crippen molar-refractivity contribution in [3.05, 3.63) is 29.5 Å². The lowest BCUT2D eigenvalue weighted by atomic mass is 10.1. The molecule has 0 spiro atoms. The number of hydrogen-bond acceptors (Lipinski definition) is 5. The highest BCUT2D eigenvalue weighted by Crippen LogP contribution is 2.23. The second-order valence-electron chi connectivity index (χ2n) is 5.77. The molecule has 2 rings (SSSR count). The second-order valence-corrected chi connectivity index (χ2v) is 6.72. The number of hydrogen-bond donors (Lipinski definition) is 2. The maximum atomic E-state index is 5.58. The van der Waals surface area contributed by atoms with Crippen molar-refractivity contribution in [3.63, 3.8) is 0 Å². The first-order valence-corrected chi connectivity index (χ1v) is 9.07. The summed E-state index contributed by atoms with van der Waals surface area (Å²) in [6.45, 7) is 7.14. The third-order valence-electron chi connectivity index (χ3n) is 3.32. The number of aliphatic imine (C=N–C) groups is 1. The monoisotopic (exact) mass is 478 g/mol. The Bertz CT molecular complexity index is 614. The fourth-order valence-corrected chi connectivity index (χ4v) is 2.61. The van der Waals surface area contributed by atoms with Crippen LogP contribution in [-0.2, 0) is 11.3 Å². The molecule has 0 aliphatic carbocycles. The lowest BCUT2D eigenvalue weighted by molar-refractivity contribution is 0.128. The van der Waals surface area contributed by atoms with E-state index in [2.05, 4.69) is 34.5 Å². The molecule has 0 bridgehead atoms. The molecular weight excluding hydrogens is 451 g/mol. The van der Waals surface area contributed by atoms with Crippen LogP contribution in [0.25, 0.3) is 10.8 Å². The maximum absolute atomic E-state index is 5.58. The fourth-order valence-electron chi connectivity index (χ4n) is 1.96. The molecule has 0 saturated heterocycles. The molecule has 0 atom stereocenters. The molecule has 2 aromatic rings. The smallest absolute Gasteiger partial charge is 0.236 e. The van der Waals surface area contributed by atoms with Crippen molar-refractivity contribution >= 4 is 41.3 Å². The Balaban J connectivity index is 0.00000312. The summed E-state index contributed by atoms with van der Waals surface area (Å²) in [5, 5.41) is 8.44. The van der Waals surface area contributed by atoms with E-state index in [1.165, 1.54) is 0 Å². The first kappa shape index (κ1) is 21.9. The summed E-state index contributed by atoms with van der Waals surface area (Å²) in [6, 6.07) is 3.98. The summed E-state index contributed by atoms with van der Waals surface area (Å²) in [6.07, 6.45) is 2.76. The Morgan fingerprint density at radius 2 is 2.20 bits per heavy atom. The highest BCUT2D eigenvalue weighted by atomic mass is 127. The van der Waals surface area contributed by atoms with E-state index < -0.39 is 0 Å². The van der Waals surface area contributed by atoms with Crippen molar-refractivity contribution < 1.29 is 9.15 Å². The van der Waals surface area contributed by atoms with Gasteiger partial charge in [-0.3, -0.25) is 4.99 Å². The molecule has 2 aromatic heterocycles. The summed E-state index contributed by atoms with van der Waals surface area (Å²) in [7, 11) is 1.74. The average Bonchev–Trinajstić information content (AvgIpc) is 3.24. The molecule has 0 aromatic carbocycles. The average molecular weight is 478 g/mol. The minimum absolute atomic E-state index is 0. The van der Waals surface area contributed by atoms with Crippen LogP contribution >= 0.6 is 35.3 Å². The number of rotatable bonds is 9. The molecule has 0 unspecified atom stereocenters. The number of thiophene rings is 1. The Hall–Kier alpha value is -1.13. The Morgan fingerprint density at radius 3 is 2.88 bits per heavy atom. The first-order chi connectivity index (χ1) is 11.7. The van der Waals surface area contributed by atoms with Crippen molar-refractivity contribution in [2.45, 2.75) is 26.8 Å². The van der Waals surface area contributed by atoms with Crippen molar-refractivity contribution in [2.75, 3.05) is 26.8 Å². The van der Waals surface area contributed by atoms with Gasteiger partial charge in [0, 0.05) is 20.2 Å². The zero-order valence-electron chi connectivity index (χ0n) is 14.9. The van der Waals surface area contributed by atoms with Crippen LogP contribution in [0.1, 0.15) is 26.0 Å². The van der Waals surface area contributed by atoms with Gasteiger partial charge in [0.2, 0.25) is 5.89 Å². The van der Waals surface area contributed by atoms with Crippen LogP contribution in [-0.4, -0.2) is 37.7 Å². The van der Waals surface area contributed by atoms with E-state index in [0.29, 0.717) is 25.0 Å². The van der Waals surface area contributed by atoms with Gasteiger partial charge in [-0.1, -0.05) is 19.9 Å². The van der Waals surface area contributed by atoms with Crippen LogP contribution in [0.3, 0.4) is 0 Å². The number of aromatic nitrogens is 1. The van der Waals surface area contributed by atoms with Gasteiger partial charge >= 0.3 is 0 Å². The van der Waals surface area contributed by atoms with Gasteiger partial charge in [-0.25, -0.2) is 4.98 Å². The summed E-state index contributed by atoms with van der Waals surface area (Å²) in [5.41, 5.74) is 0.842. The molecule has 0 radical (unpaired) electrons. The molecule has 0 aliphatic heterocycles. The molecule has 2 heterocycles. The number of nitrogens with zero attached hydrogens (tertiary/aromatic N) is 2. The van der Waals surface area contributed by atoms with E-state index in [4.69, 9.17) is 9.15 Å². The lowest BCUT2D eigenvalue weighted by Crippen LogP contribution is -2.38. The second kappa shape index (κ2) is 12.3. The zero-order valence-corrected chi connectivity index (χ0v) is 18.1. The fraction of sp³-hybridized carbons (Fsp3) is 0.529. The van der Waals surface area contributed by atoms with Crippen molar-refractivity contribution in [1.29, 1.82) is 0 Å². The maximum Gasteiger partial charge on any atom is 0.236 e. The van der Waals surface area contributed by atoms with E-state index in [1.807, 2.05) is 17.5 Å². The van der Waals surface area contributed by atoms with Crippen LogP contribution in [0.4, 0.5) is 0 Å². The highest BCUT2D eigenvalue weighted by molar-refractivity contribution is 14.0. The minimum atomic E-state index is 0. The van der Waals surface area contributed by atoms with Gasteiger partial charge in [0.15, 0.2) is 5.96 Å². The van der Waals surface area contributed by atoms with Crippen molar-refractivity contribution in [3.8, 4) is 10.8 Å². The van der Waals surface area contributed by atoms with Crippen LogP contribution in [0.5, 0.6) is 0 Å². The molecule has 2 N–H and O–H groups in total. The van der Waals surface area contributed by atoms with Crippen molar-refractivity contribution in [2.24, 2.45) is 10.9 Å². The number of ether oxygens (including phenoxy) is 1. The zero-order chi connectivity index (χ0) is 17.2. The summed E-state index contributed by atoms with van der Waals surface area (Å²) in [5.74, 6) is 2.06. The van der Waals surface area contributed by atoms with Gasteiger partial charge in [-0.15, -0.1) is 35.3 Å². The number of oxazole rings is 1. The molecule has 6 nitrogen and oxygen atoms in total. The normalized spacial score (nSPS) is 11.4. The van der Waals surface area contributed by atoms with Crippen LogP contribution in [0, 0.1) is 5.92 Å². The predicted molar refractivity (Wildman–Crippen MR) is 114 cm³/mol. The third kappa shape index (κ3) is 8.19. The molecule has 8 heteroatoms. The third-order valence-corrected chi connectivity index (χ3v) is 4.18. The SMILES string of the molecule is CN=C(NCCOCCC(C)C)NCc1coc(-c2cccs2)n1.I. The lowest BCUT2D eigenvalue weighted by Gasteiger charge is -2.11. The molecule has 0 fully saturated rings. The molecule has 0 aliphatic rings. The summed E-state index contributed by atoms with van der Waals surface area (Å²) >= 11 is 1.61. The van der Waals surface area contributed by atoms with Gasteiger partial charge in [0.25, 0.3) is 0 Å². The van der Waals surface area contributed by atoms with Crippen LogP contribution in [0.2, 0.25) is 0 Å². The van der Waals surface area contributed by atoms with Crippen LogP contribution in [0.15, 0.2) is 33.2 Å². The van der Waals surface area contributed by atoms with Gasteiger partial charge < -0.3 is 19.8 Å². The highest BCUT2D eigenvalue weighted by Gasteiger charge is 2.08. The Morgan fingerprint density at radius 1 is 1.36 bits per heavy atom. The van der Waals surface area contributed by atoms with Gasteiger partial charge in [0.1, 0.15) is 6.26 Å². The van der Waals surface area contributed by atoms with Crippen molar-refractivity contribution in [1.82, 2.24) is 15.6 Å². The molecule has 0 saturated carbocycles. The minimum Gasteiger partial charge on any atom is -0.443 e. The van der Waals surface area contributed by atoms with Gasteiger partial charge in [-0.05, 0) is 23.8 Å². The van der Waals surface area contributed by atoms with E-state index in [9.17, 15) is 0 Å². The molecule has 0 amide bonds. The molecular formula is C17H27IN4O2S. The topological polar surface area (TPSA) is 71.7 Å². The Kier molecular flexibility index (Phi) is 10.7. The van der Waals surface area contributed by atoms with E-state index in [1.54, 1.807) is 24.6 Å². The number of guanidine groups is 1. The standard InChI is InChI=1S/C17H26N4O2S.HI/c1-13(2)6-8-22-9-7-19-17(18-3)20-11-14-12-23-16(21-14)15-5-4-10-24-15;/h4-5,10,12-13H,6-9,11H2,1-3H3,(H2,18,19,20);1H. The quantitative estimate of drug-likeness (QED) is 0.249. The Labute approximate surface area is 170 Å². The van der Waals surface area contributed by atoms with Crippen LogP contribution < -0.4 is 10.6 Å². The summed E-state index contributed by atoms with van der Waals surface area (Å²) in [4.78, 5) is 9.69.